The number of benzene rings is 3. The van der Waals surface area contributed by atoms with Gasteiger partial charge in [0.05, 0.1) is 17.1 Å². The number of nitriles is 1. The molecule has 30 heavy (non-hydrogen) atoms. The number of nitrogens with one attached hydrogen (secondary N) is 3. The first-order valence-electron chi connectivity index (χ1n) is 9.17. The van der Waals surface area contributed by atoms with Gasteiger partial charge in [0, 0.05) is 22.6 Å². The molecule has 3 aromatic rings. The topological polar surface area (TPSA) is 94.0 Å². The highest BCUT2D eigenvalue weighted by Crippen LogP contribution is 2.24. The highest BCUT2D eigenvalue weighted by atomic mass is 35.5. The Labute approximate surface area is 179 Å². The molecule has 6 nitrogen and oxygen atoms in total. The van der Waals surface area contributed by atoms with Crippen LogP contribution in [0.4, 0.5) is 17.1 Å². The Balaban J connectivity index is 1.62. The predicted octanol–water partition coefficient (Wildman–Crippen LogP) is 4.82. The van der Waals surface area contributed by atoms with E-state index in [0.717, 1.165) is 11.3 Å². The molecule has 0 saturated carbocycles. The SMILES string of the molecule is Cc1c(NCC(=O)Nc2ccc(C#N)c(Cl)c2)cccc1NC(=O)c1ccccc1. The number of amides is 2. The summed E-state index contributed by atoms with van der Waals surface area (Å²) in [6.45, 7) is 1.88. The van der Waals surface area contributed by atoms with Crippen LogP contribution >= 0.6 is 11.6 Å². The molecule has 0 heterocycles. The molecule has 3 aromatic carbocycles. The molecule has 0 radical (unpaired) electrons. The number of anilines is 3. The van der Waals surface area contributed by atoms with E-state index in [1.165, 1.54) is 6.07 Å². The lowest BCUT2D eigenvalue weighted by Crippen LogP contribution is -2.22. The van der Waals surface area contributed by atoms with Crippen molar-refractivity contribution in [3.05, 3.63) is 88.4 Å². The number of halogens is 1. The van der Waals surface area contributed by atoms with Gasteiger partial charge in [0.1, 0.15) is 6.07 Å². The van der Waals surface area contributed by atoms with Crippen molar-refractivity contribution >= 4 is 40.5 Å². The van der Waals surface area contributed by atoms with Crippen LogP contribution in [0.3, 0.4) is 0 Å². The van der Waals surface area contributed by atoms with Crippen molar-refractivity contribution in [1.82, 2.24) is 0 Å². The third-order valence-electron chi connectivity index (χ3n) is 4.43. The van der Waals surface area contributed by atoms with Crippen molar-refractivity contribution in [2.24, 2.45) is 0 Å². The zero-order valence-corrected chi connectivity index (χ0v) is 17.0. The number of carbonyl (C=O) groups is 2. The van der Waals surface area contributed by atoms with E-state index in [-0.39, 0.29) is 23.4 Å². The molecule has 0 spiro atoms. The lowest BCUT2D eigenvalue weighted by atomic mass is 10.1. The van der Waals surface area contributed by atoms with Gasteiger partial charge in [-0.2, -0.15) is 5.26 Å². The van der Waals surface area contributed by atoms with E-state index >= 15 is 0 Å². The minimum absolute atomic E-state index is 0.0224. The summed E-state index contributed by atoms with van der Waals surface area (Å²) in [5, 5.41) is 17.9. The molecule has 0 aliphatic carbocycles. The zero-order chi connectivity index (χ0) is 21.5. The first kappa shape index (κ1) is 20.9. The number of rotatable bonds is 6. The molecule has 0 atom stereocenters. The molecule has 0 aromatic heterocycles. The largest absolute Gasteiger partial charge is 0.376 e. The third-order valence-corrected chi connectivity index (χ3v) is 4.74. The molecule has 150 valence electrons. The van der Waals surface area contributed by atoms with Crippen LogP contribution < -0.4 is 16.0 Å². The molecule has 0 aliphatic rings. The van der Waals surface area contributed by atoms with E-state index in [2.05, 4.69) is 16.0 Å². The highest BCUT2D eigenvalue weighted by molar-refractivity contribution is 6.32. The van der Waals surface area contributed by atoms with Crippen LogP contribution in [-0.4, -0.2) is 18.4 Å². The molecule has 3 N–H and O–H groups in total. The monoisotopic (exact) mass is 418 g/mol. The quantitative estimate of drug-likeness (QED) is 0.534. The number of carbonyl (C=O) groups excluding carboxylic acids is 2. The van der Waals surface area contributed by atoms with Gasteiger partial charge in [-0.15, -0.1) is 0 Å². The molecular formula is C23H19ClN4O2. The summed E-state index contributed by atoms with van der Waals surface area (Å²) in [4.78, 5) is 24.7. The molecule has 0 unspecified atom stereocenters. The van der Waals surface area contributed by atoms with E-state index < -0.39 is 0 Å². The highest BCUT2D eigenvalue weighted by Gasteiger charge is 2.11. The number of hydrogen-bond donors (Lipinski definition) is 3. The Hall–Kier alpha value is -3.82. The minimum Gasteiger partial charge on any atom is -0.376 e. The first-order chi connectivity index (χ1) is 14.5. The molecular weight excluding hydrogens is 400 g/mol. The molecule has 0 fully saturated rings. The van der Waals surface area contributed by atoms with Gasteiger partial charge in [0.25, 0.3) is 5.91 Å². The summed E-state index contributed by atoms with van der Waals surface area (Å²) >= 11 is 5.99. The Kier molecular flexibility index (Phi) is 6.68. The van der Waals surface area contributed by atoms with Crippen molar-refractivity contribution in [1.29, 1.82) is 5.26 Å². The van der Waals surface area contributed by atoms with Gasteiger partial charge in [0.15, 0.2) is 0 Å². The van der Waals surface area contributed by atoms with Gasteiger partial charge in [-0.1, -0.05) is 35.9 Å². The molecule has 7 heteroatoms. The van der Waals surface area contributed by atoms with E-state index in [1.807, 2.05) is 25.1 Å². The maximum absolute atomic E-state index is 12.4. The van der Waals surface area contributed by atoms with E-state index in [9.17, 15) is 9.59 Å². The summed E-state index contributed by atoms with van der Waals surface area (Å²) in [6, 6.07) is 21.1. The van der Waals surface area contributed by atoms with Gasteiger partial charge in [-0.25, -0.2) is 0 Å². The van der Waals surface area contributed by atoms with Gasteiger partial charge in [-0.05, 0) is 55.0 Å². The van der Waals surface area contributed by atoms with Gasteiger partial charge in [-0.3, -0.25) is 9.59 Å². The normalized spacial score (nSPS) is 10.0. The van der Waals surface area contributed by atoms with Crippen LogP contribution in [0, 0.1) is 18.3 Å². The van der Waals surface area contributed by atoms with Crippen molar-refractivity contribution in [2.75, 3.05) is 22.5 Å². The molecule has 0 aliphatic heterocycles. The van der Waals surface area contributed by atoms with Crippen LogP contribution in [0.1, 0.15) is 21.5 Å². The van der Waals surface area contributed by atoms with Crippen molar-refractivity contribution in [3.63, 3.8) is 0 Å². The Morgan fingerprint density at radius 3 is 2.40 bits per heavy atom. The average Bonchev–Trinajstić information content (AvgIpc) is 2.75. The van der Waals surface area contributed by atoms with Crippen LogP contribution in [0.25, 0.3) is 0 Å². The summed E-state index contributed by atoms with van der Waals surface area (Å²) in [6.07, 6.45) is 0. The molecule has 0 bridgehead atoms. The van der Waals surface area contributed by atoms with E-state index in [4.69, 9.17) is 16.9 Å². The third kappa shape index (κ3) is 5.16. The zero-order valence-electron chi connectivity index (χ0n) is 16.2. The fourth-order valence-electron chi connectivity index (χ4n) is 2.81. The van der Waals surface area contributed by atoms with Crippen molar-refractivity contribution in [2.45, 2.75) is 6.92 Å². The second-order valence-corrected chi connectivity index (χ2v) is 6.91. The van der Waals surface area contributed by atoms with Crippen LogP contribution in [0.2, 0.25) is 5.02 Å². The van der Waals surface area contributed by atoms with Crippen molar-refractivity contribution in [3.8, 4) is 6.07 Å². The Morgan fingerprint density at radius 2 is 1.70 bits per heavy atom. The van der Waals surface area contributed by atoms with Gasteiger partial charge < -0.3 is 16.0 Å². The first-order valence-corrected chi connectivity index (χ1v) is 9.55. The number of nitrogens with zero attached hydrogens (tertiary/aromatic N) is 1. The molecule has 0 saturated heterocycles. The summed E-state index contributed by atoms with van der Waals surface area (Å²) < 4.78 is 0. The van der Waals surface area contributed by atoms with Crippen molar-refractivity contribution < 1.29 is 9.59 Å². The maximum Gasteiger partial charge on any atom is 0.255 e. The minimum atomic E-state index is -0.270. The van der Waals surface area contributed by atoms with Crippen LogP contribution in [-0.2, 0) is 4.79 Å². The molecule has 2 amide bonds. The van der Waals surface area contributed by atoms with Crippen LogP contribution in [0.15, 0.2) is 66.7 Å². The fraction of sp³-hybridized carbons (Fsp3) is 0.0870. The Morgan fingerprint density at radius 1 is 0.967 bits per heavy atom. The van der Waals surface area contributed by atoms with E-state index in [1.54, 1.807) is 48.5 Å². The lowest BCUT2D eigenvalue weighted by molar-refractivity contribution is -0.114. The van der Waals surface area contributed by atoms with Gasteiger partial charge >= 0.3 is 0 Å². The summed E-state index contributed by atoms with van der Waals surface area (Å²) in [5.41, 5.74) is 3.62. The smallest absolute Gasteiger partial charge is 0.255 e. The standard InChI is InChI=1S/C23H19ClN4O2/c1-15-20(8-5-9-21(15)28-23(30)16-6-3-2-4-7-16)26-14-22(29)27-18-11-10-17(13-25)19(24)12-18/h2-12,26H,14H2,1H3,(H,27,29)(H,28,30). The van der Waals surface area contributed by atoms with Gasteiger partial charge in [0.2, 0.25) is 5.91 Å². The summed E-state index contributed by atoms with van der Waals surface area (Å²) in [5.74, 6) is -0.472. The second kappa shape index (κ2) is 9.59. The Bertz CT molecular complexity index is 1120. The molecule has 3 rings (SSSR count). The number of hydrogen-bond acceptors (Lipinski definition) is 4. The predicted molar refractivity (Wildman–Crippen MR) is 119 cm³/mol. The van der Waals surface area contributed by atoms with E-state index in [0.29, 0.717) is 22.5 Å². The summed E-state index contributed by atoms with van der Waals surface area (Å²) in [7, 11) is 0. The average molecular weight is 419 g/mol. The maximum atomic E-state index is 12.4. The fourth-order valence-corrected chi connectivity index (χ4v) is 3.03. The second-order valence-electron chi connectivity index (χ2n) is 6.51. The van der Waals surface area contributed by atoms with Crippen LogP contribution in [0.5, 0.6) is 0 Å². The lowest BCUT2D eigenvalue weighted by Gasteiger charge is -2.14.